The summed E-state index contributed by atoms with van der Waals surface area (Å²) in [7, 11) is 0. The molecule has 8 heteroatoms. The Morgan fingerprint density at radius 1 is 1.32 bits per heavy atom. The molecular formula is C17H11F3N2O3. The van der Waals surface area contributed by atoms with Gasteiger partial charge in [0.25, 0.3) is 5.78 Å². The molecule has 1 atom stereocenters. The van der Waals surface area contributed by atoms with Crippen LogP contribution in [0.4, 0.5) is 13.2 Å². The molecule has 0 spiro atoms. The molecule has 1 aliphatic heterocycles. The van der Waals surface area contributed by atoms with Gasteiger partial charge in [0.2, 0.25) is 5.88 Å². The van der Waals surface area contributed by atoms with Gasteiger partial charge in [-0.15, -0.1) is 0 Å². The van der Waals surface area contributed by atoms with E-state index in [0.29, 0.717) is 11.0 Å². The van der Waals surface area contributed by atoms with E-state index >= 15 is 0 Å². The number of fused-ring (bicyclic) bond motifs is 1. The Labute approximate surface area is 139 Å². The standard InChI is InChI=1S/C17H11F3N2O3/c1-8-13(15(23)17(18,19)20)14(10(7-21)16(22)24-8)12-6-9-4-2-3-5-11(9)25-12/h2-6,14H,22H2,1H3. The molecule has 1 unspecified atom stereocenters. The van der Waals surface area contributed by atoms with Gasteiger partial charge < -0.3 is 14.9 Å². The second-order valence-electron chi connectivity index (χ2n) is 5.41. The summed E-state index contributed by atoms with van der Waals surface area (Å²) in [5.74, 6) is -4.15. The van der Waals surface area contributed by atoms with Gasteiger partial charge in [0, 0.05) is 5.39 Å². The lowest BCUT2D eigenvalue weighted by Gasteiger charge is -2.26. The fraction of sp³-hybridized carbons (Fsp3) is 0.176. The molecule has 0 aliphatic carbocycles. The minimum absolute atomic E-state index is 0.0101. The van der Waals surface area contributed by atoms with Crippen LogP contribution >= 0.6 is 0 Å². The van der Waals surface area contributed by atoms with Gasteiger partial charge in [-0.1, -0.05) is 18.2 Å². The normalized spacial score (nSPS) is 18.3. The van der Waals surface area contributed by atoms with Gasteiger partial charge in [-0.25, -0.2) is 0 Å². The van der Waals surface area contributed by atoms with Gasteiger partial charge in [0.05, 0.1) is 11.5 Å². The number of Topliss-reactive ketones (excluding diaryl/α,β-unsaturated/α-hetero) is 1. The van der Waals surface area contributed by atoms with E-state index in [9.17, 15) is 23.2 Å². The number of hydrogen-bond donors (Lipinski definition) is 1. The number of halogens is 3. The van der Waals surface area contributed by atoms with E-state index < -0.39 is 23.5 Å². The third-order valence-corrected chi connectivity index (χ3v) is 3.84. The van der Waals surface area contributed by atoms with Crippen LogP contribution < -0.4 is 5.73 Å². The first-order valence-corrected chi connectivity index (χ1v) is 7.12. The number of nitriles is 1. The zero-order chi connectivity index (χ0) is 18.4. The molecule has 1 aromatic heterocycles. The molecule has 2 aromatic rings. The molecule has 0 saturated heterocycles. The molecule has 0 saturated carbocycles. The van der Waals surface area contributed by atoms with Crippen molar-refractivity contribution in [2.45, 2.75) is 19.0 Å². The smallest absolute Gasteiger partial charge is 0.454 e. The fourth-order valence-electron chi connectivity index (χ4n) is 2.76. The Bertz CT molecular complexity index is 944. The van der Waals surface area contributed by atoms with Gasteiger partial charge in [0.1, 0.15) is 28.7 Å². The Balaban J connectivity index is 2.24. The number of carbonyl (C=O) groups is 1. The minimum Gasteiger partial charge on any atom is -0.460 e. The van der Waals surface area contributed by atoms with E-state index in [-0.39, 0.29) is 23.0 Å². The highest BCUT2D eigenvalue weighted by atomic mass is 19.4. The van der Waals surface area contributed by atoms with Crippen LogP contribution in [0.2, 0.25) is 0 Å². The maximum atomic E-state index is 13.0. The summed E-state index contributed by atoms with van der Waals surface area (Å²) in [6.45, 7) is 1.19. The van der Waals surface area contributed by atoms with Crippen LogP contribution in [0.15, 0.2) is 57.5 Å². The number of alkyl halides is 3. The lowest BCUT2D eigenvalue weighted by molar-refractivity contribution is -0.167. The van der Waals surface area contributed by atoms with Crippen molar-refractivity contribution in [1.29, 1.82) is 5.26 Å². The van der Waals surface area contributed by atoms with E-state index in [1.54, 1.807) is 30.3 Å². The van der Waals surface area contributed by atoms with Crippen LogP contribution in [0.5, 0.6) is 0 Å². The number of carbonyl (C=O) groups excluding carboxylic acids is 1. The predicted octanol–water partition coefficient (Wildman–Crippen LogP) is 3.65. The van der Waals surface area contributed by atoms with Crippen molar-refractivity contribution in [2.75, 3.05) is 0 Å². The maximum Gasteiger partial charge on any atom is 0.454 e. The molecule has 128 valence electrons. The van der Waals surface area contributed by atoms with Crippen molar-refractivity contribution >= 4 is 16.8 Å². The molecule has 25 heavy (non-hydrogen) atoms. The lowest BCUT2D eigenvalue weighted by atomic mass is 9.84. The second kappa shape index (κ2) is 5.70. The summed E-state index contributed by atoms with van der Waals surface area (Å²) in [6.07, 6.45) is -5.13. The Morgan fingerprint density at radius 3 is 2.60 bits per heavy atom. The monoisotopic (exact) mass is 348 g/mol. The molecule has 5 nitrogen and oxygen atoms in total. The second-order valence-corrected chi connectivity index (χ2v) is 5.41. The largest absolute Gasteiger partial charge is 0.460 e. The predicted molar refractivity (Wildman–Crippen MR) is 80.6 cm³/mol. The first kappa shape index (κ1) is 16.6. The van der Waals surface area contributed by atoms with Crippen LogP contribution in [0.1, 0.15) is 18.6 Å². The average molecular weight is 348 g/mol. The third-order valence-electron chi connectivity index (χ3n) is 3.84. The van der Waals surface area contributed by atoms with Crippen molar-refractivity contribution in [3.05, 3.63) is 58.9 Å². The van der Waals surface area contributed by atoms with Crippen LogP contribution in [-0.2, 0) is 9.53 Å². The molecule has 1 aliphatic rings. The summed E-state index contributed by atoms with van der Waals surface area (Å²) in [5.41, 5.74) is 5.03. The number of rotatable bonds is 2. The van der Waals surface area contributed by atoms with Gasteiger partial charge >= 0.3 is 6.18 Å². The van der Waals surface area contributed by atoms with Crippen molar-refractivity contribution in [3.8, 4) is 6.07 Å². The van der Waals surface area contributed by atoms with Gasteiger partial charge in [0.15, 0.2) is 0 Å². The molecule has 0 fully saturated rings. The van der Waals surface area contributed by atoms with Gasteiger partial charge in [-0.05, 0) is 19.1 Å². The molecule has 0 amide bonds. The van der Waals surface area contributed by atoms with Crippen molar-refractivity contribution in [1.82, 2.24) is 0 Å². The van der Waals surface area contributed by atoms with E-state index in [1.165, 1.54) is 13.0 Å². The number of ether oxygens (including phenoxy) is 1. The first-order valence-electron chi connectivity index (χ1n) is 7.12. The third kappa shape index (κ3) is 2.74. The van der Waals surface area contributed by atoms with Gasteiger partial charge in [-0.3, -0.25) is 4.79 Å². The summed E-state index contributed by atoms with van der Waals surface area (Å²) >= 11 is 0. The number of benzene rings is 1. The Kier molecular flexibility index (Phi) is 3.80. The highest BCUT2D eigenvalue weighted by Gasteiger charge is 2.48. The first-order chi connectivity index (χ1) is 11.7. The van der Waals surface area contributed by atoms with Crippen molar-refractivity contribution in [2.24, 2.45) is 5.73 Å². The van der Waals surface area contributed by atoms with Crippen LogP contribution in [-0.4, -0.2) is 12.0 Å². The lowest BCUT2D eigenvalue weighted by Crippen LogP contribution is -2.32. The van der Waals surface area contributed by atoms with E-state index in [4.69, 9.17) is 14.9 Å². The Hall–Kier alpha value is -3.21. The molecule has 1 aromatic carbocycles. The van der Waals surface area contributed by atoms with E-state index in [2.05, 4.69) is 0 Å². The Morgan fingerprint density at radius 2 is 2.00 bits per heavy atom. The van der Waals surface area contributed by atoms with Crippen LogP contribution in [0.3, 0.4) is 0 Å². The average Bonchev–Trinajstić information content (AvgIpc) is 2.96. The maximum absolute atomic E-state index is 13.0. The van der Waals surface area contributed by atoms with Crippen molar-refractivity contribution < 1.29 is 27.1 Å². The highest BCUT2D eigenvalue weighted by molar-refractivity contribution is 6.02. The zero-order valence-electron chi connectivity index (χ0n) is 12.8. The van der Waals surface area contributed by atoms with E-state index in [1.807, 2.05) is 0 Å². The number of furan rings is 1. The molecule has 2 N–H and O–H groups in total. The quantitative estimate of drug-likeness (QED) is 0.895. The minimum atomic E-state index is -5.13. The zero-order valence-corrected chi connectivity index (χ0v) is 12.8. The number of nitrogens with zero attached hydrogens (tertiary/aromatic N) is 1. The fourth-order valence-corrected chi connectivity index (χ4v) is 2.76. The van der Waals surface area contributed by atoms with Crippen molar-refractivity contribution in [3.63, 3.8) is 0 Å². The van der Waals surface area contributed by atoms with E-state index in [0.717, 1.165) is 0 Å². The molecule has 0 radical (unpaired) electrons. The van der Waals surface area contributed by atoms with Crippen LogP contribution in [0.25, 0.3) is 11.0 Å². The molecule has 2 heterocycles. The van der Waals surface area contributed by atoms with Gasteiger partial charge in [-0.2, -0.15) is 18.4 Å². The number of para-hydroxylation sites is 1. The SMILES string of the molecule is CC1=C(C(=O)C(F)(F)F)C(c2cc3ccccc3o2)C(C#N)=C(N)O1. The topological polar surface area (TPSA) is 89.2 Å². The summed E-state index contributed by atoms with van der Waals surface area (Å²) in [5, 5.41) is 9.95. The van der Waals surface area contributed by atoms with Crippen LogP contribution in [0, 0.1) is 11.3 Å². The number of nitrogens with two attached hydrogens (primary N) is 1. The molecule has 0 bridgehead atoms. The number of allylic oxidation sites excluding steroid dienone is 3. The summed E-state index contributed by atoms with van der Waals surface area (Å²) in [4.78, 5) is 11.9. The summed E-state index contributed by atoms with van der Waals surface area (Å²) < 4.78 is 49.7. The number of hydrogen-bond acceptors (Lipinski definition) is 5. The molecule has 3 rings (SSSR count). The molecular weight excluding hydrogens is 337 g/mol. The highest BCUT2D eigenvalue weighted by Crippen LogP contribution is 2.43. The summed E-state index contributed by atoms with van der Waals surface area (Å²) in [6, 6.07) is 9.94. The number of ketones is 1.